The minimum Gasteiger partial charge on any atom is -0.507 e. The van der Waals surface area contributed by atoms with Gasteiger partial charge in [-0.1, -0.05) is 26.7 Å². The van der Waals surface area contributed by atoms with E-state index in [-0.39, 0.29) is 16.8 Å². The van der Waals surface area contributed by atoms with Gasteiger partial charge in [0.05, 0.1) is 30.8 Å². The van der Waals surface area contributed by atoms with Crippen molar-refractivity contribution in [2.45, 2.75) is 52.0 Å². The zero-order valence-corrected chi connectivity index (χ0v) is 23.7. The number of carbonyl (C=O) groups is 2. The molecule has 1 aliphatic heterocycles. The minimum atomic E-state index is -0.907. The SMILES string of the molecule is CCCCN(CCCC)CCCN1C(=O)C(=O)C(=C(O)c2ccc([N+](=O)[O-])cc2)[C@H]1c1ccc(OC)cc1OC. The number of aliphatic hydroxyl groups excluding tert-OH is 1. The van der Waals surface area contributed by atoms with E-state index in [1.54, 1.807) is 18.2 Å². The third kappa shape index (κ3) is 6.98. The van der Waals surface area contributed by atoms with Crippen LogP contribution in [-0.2, 0) is 9.59 Å². The molecule has 216 valence electrons. The minimum absolute atomic E-state index is 0.0869. The van der Waals surface area contributed by atoms with Gasteiger partial charge in [0.25, 0.3) is 17.4 Å². The standard InChI is InChI=1S/C30H39N3O7/c1-5-7-16-31(17-8-6-2)18-9-19-32-27(24-15-14-23(39-3)20-25(24)40-4)26(29(35)30(32)36)28(34)21-10-12-22(13-11-21)33(37)38/h10-15,20,27,34H,5-9,16-19H2,1-4H3/t27-/m1/s1. The molecule has 2 aromatic carbocycles. The Balaban J connectivity index is 2.02. The lowest BCUT2D eigenvalue weighted by Gasteiger charge is -2.28. The van der Waals surface area contributed by atoms with Gasteiger partial charge in [0.15, 0.2) is 0 Å². The number of amides is 1. The van der Waals surface area contributed by atoms with Crippen LogP contribution in [0.4, 0.5) is 5.69 Å². The number of hydrogen-bond acceptors (Lipinski definition) is 8. The highest BCUT2D eigenvalue weighted by Crippen LogP contribution is 2.43. The van der Waals surface area contributed by atoms with Crippen molar-refractivity contribution >= 4 is 23.1 Å². The van der Waals surface area contributed by atoms with Crippen LogP contribution in [0.5, 0.6) is 11.5 Å². The van der Waals surface area contributed by atoms with E-state index >= 15 is 0 Å². The van der Waals surface area contributed by atoms with E-state index in [0.29, 0.717) is 30.0 Å². The van der Waals surface area contributed by atoms with Gasteiger partial charge in [-0.25, -0.2) is 0 Å². The van der Waals surface area contributed by atoms with Crippen LogP contribution in [0.1, 0.15) is 63.1 Å². The predicted octanol–water partition coefficient (Wildman–Crippen LogP) is 5.33. The Morgan fingerprint density at radius 2 is 1.60 bits per heavy atom. The van der Waals surface area contributed by atoms with Gasteiger partial charge in [-0.15, -0.1) is 0 Å². The molecule has 10 nitrogen and oxygen atoms in total. The first-order valence-electron chi connectivity index (χ1n) is 13.7. The van der Waals surface area contributed by atoms with Crippen molar-refractivity contribution in [2.75, 3.05) is 40.4 Å². The van der Waals surface area contributed by atoms with Gasteiger partial charge in [0, 0.05) is 35.9 Å². The van der Waals surface area contributed by atoms with Crippen molar-refractivity contribution in [3.63, 3.8) is 0 Å². The fourth-order valence-corrected chi connectivity index (χ4v) is 4.94. The number of non-ortho nitro benzene ring substituents is 1. The molecule has 0 radical (unpaired) electrons. The number of ketones is 1. The van der Waals surface area contributed by atoms with E-state index in [4.69, 9.17) is 9.47 Å². The quantitative estimate of drug-likeness (QED) is 0.103. The van der Waals surface area contributed by atoms with Gasteiger partial charge in [0.1, 0.15) is 17.3 Å². The fraction of sp³-hybridized carbons (Fsp3) is 0.467. The summed E-state index contributed by atoms with van der Waals surface area (Å²) in [5, 5.41) is 22.4. The summed E-state index contributed by atoms with van der Waals surface area (Å²) in [5.41, 5.74) is 0.489. The van der Waals surface area contributed by atoms with Crippen LogP contribution in [-0.4, -0.2) is 71.9 Å². The molecule has 40 heavy (non-hydrogen) atoms. The summed E-state index contributed by atoms with van der Waals surface area (Å²) < 4.78 is 10.9. The normalized spacial score (nSPS) is 16.5. The molecule has 1 aliphatic rings. The van der Waals surface area contributed by atoms with Crippen LogP contribution in [0.2, 0.25) is 0 Å². The summed E-state index contributed by atoms with van der Waals surface area (Å²) in [6, 6.07) is 9.41. The summed E-state index contributed by atoms with van der Waals surface area (Å²) in [6.07, 6.45) is 5.01. The highest BCUT2D eigenvalue weighted by atomic mass is 16.6. The van der Waals surface area contributed by atoms with Crippen LogP contribution in [0.3, 0.4) is 0 Å². The third-order valence-electron chi connectivity index (χ3n) is 7.16. The van der Waals surface area contributed by atoms with Crippen molar-refractivity contribution in [1.82, 2.24) is 9.80 Å². The summed E-state index contributed by atoms with van der Waals surface area (Å²) in [6.45, 7) is 7.35. The smallest absolute Gasteiger partial charge is 0.295 e. The first-order chi connectivity index (χ1) is 19.3. The molecule has 0 aliphatic carbocycles. The van der Waals surface area contributed by atoms with Gasteiger partial charge in [-0.05, 0) is 63.2 Å². The van der Waals surface area contributed by atoms with Crippen molar-refractivity contribution < 1.29 is 29.1 Å². The van der Waals surface area contributed by atoms with Gasteiger partial charge < -0.3 is 24.4 Å². The van der Waals surface area contributed by atoms with Crippen molar-refractivity contribution in [1.29, 1.82) is 0 Å². The maximum atomic E-state index is 13.4. The molecular formula is C30H39N3O7. The van der Waals surface area contributed by atoms with Crippen LogP contribution in [0.25, 0.3) is 5.76 Å². The van der Waals surface area contributed by atoms with E-state index in [1.165, 1.54) is 43.4 Å². The largest absolute Gasteiger partial charge is 0.507 e. The number of unbranched alkanes of at least 4 members (excludes halogenated alkanes) is 2. The molecule has 3 rings (SSSR count). The summed E-state index contributed by atoms with van der Waals surface area (Å²) in [5.74, 6) is -0.979. The number of nitrogens with zero attached hydrogens (tertiary/aromatic N) is 3. The van der Waals surface area contributed by atoms with Gasteiger partial charge >= 0.3 is 0 Å². The highest BCUT2D eigenvalue weighted by Gasteiger charge is 2.47. The molecule has 1 saturated heterocycles. The Labute approximate surface area is 235 Å². The number of ether oxygens (including phenoxy) is 2. The number of nitro benzene ring substituents is 1. The fourth-order valence-electron chi connectivity index (χ4n) is 4.94. The Kier molecular flexibility index (Phi) is 11.1. The second-order valence-corrected chi connectivity index (χ2v) is 9.81. The maximum absolute atomic E-state index is 13.4. The molecule has 1 fully saturated rings. The van der Waals surface area contributed by atoms with Gasteiger partial charge in [-0.2, -0.15) is 0 Å². The zero-order valence-electron chi connectivity index (χ0n) is 23.7. The molecule has 0 unspecified atom stereocenters. The van der Waals surface area contributed by atoms with Gasteiger partial charge in [-0.3, -0.25) is 19.7 Å². The van der Waals surface area contributed by atoms with Crippen molar-refractivity contribution in [2.24, 2.45) is 0 Å². The molecular weight excluding hydrogens is 514 g/mol. The molecule has 0 spiro atoms. The first kappa shape index (κ1) is 30.6. The molecule has 1 atom stereocenters. The summed E-state index contributed by atoms with van der Waals surface area (Å²) in [7, 11) is 3.01. The molecule has 0 aromatic heterocycles. The average Bonchev–Trinajstić information content (AvgIpc) is 3.22. The number of carbonyl (C=O) groups excluding carboxylic acids is 2. The van der Waals surface area contributed by atoms with E-state index in [9.17, 15) is 24.8 Å². The lowest BCUT2D eigenvalue weighted by molar-refractivity contribution is -0.384. The predicted molar refractivity (Wildman–Crippen MR) is 153 cm³/mol. The maximum Gasteiger partial charge on any atom is 0.295 e. The number of likely N-dealkylation sites (tertiary alicyclic amines) is 1. The van der Waals surface area contributed by atoms with E-state index in [0.717, 1.165) is 45.3 Å². The number of methoxy groups -OCH3 is 2. The molecule has 0 bridgehead atoms. The molecule has 2 aromatic rings. The third-order valence-corrected chi connectivity index (χ3v) is 7.16. The average molecular weight is 554 g/mol. The van der Waals surface area contributed by atoms with Crippen LogP contribution < -0.4 is 9.47 Å². The molecule has 1 heterocycles. The Morgan fingerprint density at radius 3 is 2.15 bits per heavy atom. The van der Waals surface area contributed by atoms with Crippen molar-refractivity contribution in [3.8, 4) is 11.5 Å². The Hall–Kier alpha value is -3.92. The van der Waals surface area contributed by atoms with Gasteiger partial charge in [0.2, 0.25) is 0 Å². The summed E-state index contributed by atoms with van der Waals surface area (Å²) >= 11 is 0. The van der Waals surface area contributed by atoms with Crippen molar-refractivity contribution in [3.05, 3.63) is 69.3 Å². The van der Waals surface area contributed by atoms with E-state index < -0.39 is 28.4 Å². The van der Waals surface area contributed by atoms with Crippen LogP contribution >= 0.6 is 0 Å². The van der Waals surface area contributed by atoms with E-state index in [1.807, 2.05) is 0 Å². The molecule has 10 heteroatoms. The number of nitro groups is 1. The second kappa shape index (κ2) is 14.5. The number of benzene rings is 2. The van der Waals surface area contributed by atoms with Crippen LogP contribution in [0.15, 0.2) is 48.0 Å². The number of aliphatic hydroxyl groups is 1. The number of rotatable bonds is 15. The molecule has 0 saturated carbocycles. The van der Waals surface area contributed by atoms with E-state index in [2.05, 4.69) is 18.7 Å². The number of hydrogen-bond donors (Lipinski definition) is 1. The van der Waals surface area contributed by atoms with Crippen LogP contribution in [0, 0.1) is 10.1 Å². The molecule has 1 N–H and O–H groups in total. The second-order valence-electron chi connectivity index (χ2n) is 9.81. The highest BCUT2D eigenvalue weighted by molar-refractivity contribution is 6.46. The first-order valence-corrected chi connectivity index (χ1v) is 13.7. The lowest BCUT2D eigenvalue weighted by Crippen LogP contribution is -2.34. The Bertz CT molecular complexity index is 1220. The topological polar surface area (TPSA) is 122 Å². The Morgan fingerprint density at radius 1 is 0.975 bits per heavy atom. The zero-order chi connectivity index (χ0) is 29.2. The summed E-state index contributed by atoms with van der Waals surface area (Å²) in [4.78, 5) is 41.2. The monoisotopic (exact) mass is 553 g/mol. The molecule has 1 amide bonds. The number of Topliss-reactive ketones (excluding diaryl/α,β-unsaturated/α-hetero) is 1. The lowest BCUT2D eigenvalue weighted by atomic mass is 9.94.